The summed E-state index contributed by atoms with van der Waals surface area (Å²) in [5.74, 6) is 0. The van der Waals surface area contributed by atoms with Crippen molar-refractivity contribution in [1.82, 2.24) is 5.32 Å². The van der Waals surface area contributed by atoms with Gasteiger partial charge in [0.05, 0.1) is 12.6 Å². The average molecular weight is 228 g/mol. The van der Waals surface area contributed by atoms with Crippen LogP contribution >= 0.6 is 11.6 Å². The molecule has 0 bridgehead atoms. The first-order valence-corrected chi connectivity index (χ1v) is 5.20. The molecule has 0 radical (unpaired) electrons. The van der Waals surface area contributed by atoms with Gasteiger partial charge in [-0.15, -0.1) is 0 Å². The van der Waals surface area contributed by atoms with Crippen LogP contribution in [0.25, 0.3) is 0 Å². The summed E-state index contributed by atoms with van der Waals surface area (Å²) < 4.78 is 4.78. The maximum atomic E-state index is 11.2. The molecule has 1 N–H and O–H groups in total. The first-order chi connectivity index (χ1) is 7.15. The van der Waals surface area contributed by atoms with Gasteiger partial charge in [-0.2, -0.15) is 0 Å². The molecule has 1 aromatic carbocycles. The van der Waals surface area contributed by atoms with Crippen molar-refractivity contribution in [3.8, 4) is 0 Å². The molecule has 0 aliphatic heterocycles. The van der Waals surface area contributed by atoms with Crippen molar-refractivity contribution in [1.29, 1.82) is 0 Å². The molecule has 0 heterocycles. The fourth-order valence-electron chi connectivity index (χ4n) is 1.25. The summed E-state index contributed by atoms with van der Waals surface area (Å²) in [7, 11) is 0. The molecule has 4 heteroatoms. The maximum absolute atomic E-state index is 11.2. The number of ether oxygens (including phenoxy) is 1. The standard InChI is InChI=1S/C11H14ClNO2/c1-3-15-11(14)13-8(2)9-6-4-5-7-10(9)12/h4-8H,3H2,1-2H3,(H,13,14). The lowest BCUT2D eigenvalue weighted by atomic mass is 10.1. The molecule has 0 aromatic heterocycles. The van der Waals surface area contributed by atoms with E-state index in [9.17, 15) is 4.79 Å². The van der Waals surface area contributed by atoms with E-state index in [1.807, 2.05) is 25.1 Å². The predicted molar refractivity (Wildman–Crippen MR) is 60.0 cm³/mol. The summed E-state index contributed by atoms with van der Waals surface area (Å²) in [6.07, 6.45) is -0.426. The van der Waals surface area contributed by atoms with Gasteiger partial charge in [-0.05, 0) is 25.5 Å². The van der Waals surface area contributed by atoms with Gasteiger partial charge in [0.25, 0.3) is 0 Å². The molecule has 0 aliphatic rings. The van der Waals surface area contributed by atoms with Crippen LogP contribution in [-0.2, 0) is 4.74 Å². The lowest BCUT2D eigenvalue weighted by molar-refractivity contribution is 0.149. The molecule has 0 spiro atoms. The number of carbonyl (C=O) groups excluding carboxylic acids is 1. The zero-order valence-electron chi connectivity index (χ0n) is 8.79. The van der Waals surface area contributed by atoms with Crippen molar-refractivity contribution in [2.75, 3.05) is 6.61 Å². The monoisotopic (exact) mass is 227 g/mol. The van der Waals surface area contributed by atoms with E-state index < -0.39 is 6.09 Å². The minimum Gasteiger partial charge on any atom is -0.450 e. The number of carbonyl (C=O) groups is 1. The van der Waals surface area contributed by atoms with E-state index in [1.54, 1.807) is 13.0 Å². The number of amides is 1. The number of nitrogens with one attached hydrogen (secondary N) is 1. The number of halogens is 1. The van der Waals surface area contributed by atoms with Gasteiger partial charge in [0.2, 0.25) is 0 Å². The number of benzene rings is 1. The molecule has 1 atom stereocenters. The summed E-state index contributed by atoms with van der Waals surface area (Å²) in [5, 5.41) is 3.33. The van der Waals surface area contributed by atoms with Crippen LogP contribution in [0.4, 0.5) is 4.79 Å². The number of alkyl carbamates (subject to hydrolysis) is 1. The topological polar surface area (TPSA) is 38.3 Å². The smallest absolute Gasteiger partial charge is 0.407 e. The summed E-state index contributed by atoms with van der Waals surface area (Å²) in [6, 6.07) is 7.24. The van der Waals surface area contributed by atoms with E-state index in [0.717, 1.165) is 5.56 Å². The molecule has 1 amide bonds. The molecule has 82 valence electrons. The maximum Gasteiger partial charge on any atom is 0.407 e. The normalized spacial score (nSPS) is 11.9. The second-order valence-corrected chi connectivity index (χ2v) is 3.52. The molecule has 1 unspecified atom stereocenters. The van der Waals surface area contributed by atoms with Gasteiger partial charge in [0.15, 0.2) is 0 Å². The number of hydrogen-bond donors (Lipinski definition) is 1. The lowest BCUT2D eigenvalue weighted by Crippen LogP contribution is -2.27. The zero-order chi connectivity index (χ0) is 11.3. The molecule has 0 aliphatic carbocycles. The fourth-order valence-corrected chi connectivity index (χ4v) is 1.55. The van der Waals surface area contributed by atoms with Gasteiger partial charge in [0.1, 0.15) is 0 Å². The second kappa shape index (κ2) is 5.61. The van der Waals surface area contributed by atoms with Gasteiger partial charge < -0.3 is 10.1 Å². The highest BCUT2D eigenvalue weighted by atomic mass is 35.5. The van der Waals surface area contributed by atoms with E-state index in [0.29, 0.717) is 11.6 Å². The molecular weight excluding hydrogens is 214 g/mol. The third-order valence-corrected chi connectivity index (χ3v) is 2.33. The van der Waals surface area contributed by atoms with Crippen molar-refractivity contribution in [2.24, 2.45) is 0 Å². The van der Waals surface area contributed by atoms with Crippen molar-refractivity contribution < 1.29 is 9.53 Å². The lowest BCUT2D eigenvalue weighted by Gasteiger charge is -2.14. The summed E-state index contributed by atoms with van der Waals surface area (Å²) in [6.45, 7) is 3.99. The Morgan fingerprint density at radius 2 is 2.20 bits per heavy atom. The highest BCUT2D eigenvalue weighted by Crippen LogP contribution is 2.21. The van der Waals surface area contributed by atoms with Gasteiger partial charge in [0, 0.05) is 5.02 Å². The van der Waals surface area contributed by atoms with Crippen molar-refractivity contribution in [2.45, 2.75) is 19.9 Å². The molecule has 3 nitrogen and oxygen atoms in total. The highest BCUT2D eigenvalue weighted by Gasteiger charge is 2.11. The van der Waals surface area contributed by atoms with Crippen LogP contribution in [0.2, 0.25) is 5.02 Å². The summed E-state index contributed by atoms with van der Waals surface area (Å²) >= 11 is 5.99. The number of hydrogen-bond acceptors (Lipinski definition) is 2. The summed E-state index contributed by atoms with van der Waals surface area (Å²) in [5.41, 5.74) is 0.882. The van der Waals surface area contributed by atoms with E-state index in [2.05, 4.69) is 5.32 Å². The van der Waals surface area contributed by atoms with E-state index in [1.165, 1.54) is 0 Å². The largest absolute Gasteiger partial charge is 0.450 e. The molecule has 0 saturated heterocycles. The quantitative estimate of drug-likeness (QED) is 0.862. The Kier molecular flexibility index (Phi) is 4.43. The van der Waals surface area contributed by atoms with Crippen LogP contribution in [0.1, 0.15) is 25.5 Å². The Labute approximate surface area is 94.4 Å². The second-order valence-electron chi connectivity index (χ2n) is 3.11. The molecule has 1 rings (SSSR count). The van der Waals surface area contributed by atoms with Crippen LogP contribution in [-0.4, -0.2) is 12.7 Å². The molecular formula is C11H14ClNO2. The van der Waals surface area contributed by atoms with Crippen molar-refractivity contribution in [3.63, 3.8) is 0 Å². The minimum atomic E-state index is -0.426. The Bertz CT molecular complexity index is 341. The predicted octanol–water partition coefficient (Wildman–Crippen LogP) is 3.15. The zero-order valence-corrected chi connectivity index (χ0v) is 9.54. The Hall–Kier alpha value is -1.22. The van der Waals surface area contributed by atoms with Gasteiger partial charge in [-0.1, -0.05) is 29.8 Å². The number of rotatable bonds is 3. The average Bonchev–Trinajstić information content (AvgIpc) is 2.18. The van der Waals surface area contributed by atoms with Gasteiger partial charge >= 0.3 is 6.09 Å². The fraction of sp³-hybridized carbons (Fsp3) is 0.364. The highest BCUT2D eigenvalue weighted by molar-refractivity contribution is 6.31. The first-order valence-electron chi connectivity index (χ1n) is 4.83. The van der Waals surface area contributed by atoms with Crippen LogP contribution in [0.15, 0.2) is 24.3 Å². The van der Waals surface area contributed by atoms with Crippen molar-refractivity contribution >= 4 is 17.7 Å². The Morgan fingerprint density at radius 1 is 1.53 bits per heavy atom. The van der Waals surface area contributed by atoms with Crippen LogP contribution in [0.3, 0.4) is 0 Å². The Morgan fingerprint density at radius 3 is 2.80 bits per heavy atom. The SMILES string of the molecule is CCOC(=O)NC(C)c1ccccc1Cl. The van der Waals surface area contributed by atoms with E-state index >= 15 is 0 Å². The van der Waals surface area contributed by atoms with Crippen molar-refractivity contribution in [3.05, 3.63) is 34.9 Å². The third kappa shape index (κ3) is 3.44. The molecule has 1 aromatic rings. The Balaban J connectivity index is 2.65. The molecule has 15 heavy (non-hydrogen) atoms. The van der Waals surface area contributed by atoms with Gasteiger partial charge in [-0.25, -0.2) is 4.79 Å². The summed E-state index contributed by atoms with van der Waals surface area (Å²) in [4.78, 5) is 11.2. The first kappa shape index (κ1) is 11.9. The van der Waals surface area contributed by atoms with Crippen LogP contribution in [0, 0.1) is 0 Å². The van der Waals surface area contributed by atoms with E-state index in [-0.39, 0.29) is 6.04 Å². The molecule has 0 saturated carbocycles. The van der Waals surface area contributed by atoms with E-state index in [4.69, 9.17) is 16.3 Å². The third-order valence-electron chi connectivity index (χ3n) is 1.98. The molecule has 0 fully saturated rings. The van der Waals surface area contributed by atoms with Crippen LogP contribution in [0.5, 0.6) is 0 Å². The van der Waals surface area contributed by atoms with Gasteiger partial charge in [-0.3, -0.25) is 0 Å². The van der Waals surface area contributed by atoms with Crippen LogP contribution < -0.4 is 5.32 Å². The minimum absolute atomic E-state index is 0.155.